The maximum absolute atomic E-state index is 5.24. The Bertz CT molecular complexity index is 332. The smallest absolute Gasteiger partial charge is 0.202 e. The van der Waals surface area contributed by atoms with Gasteiger partial charge in [-0.05, 0) is 0 Å². The number of rotatable bonds is 5. The monoisotopic (exact) mass is 222 g/mol. The lowest BCUT2D eigenvalue weighted by molar-refractivity contribution is -0.0522. The van der Waals surface area contributed by atoms with Crippen molar-refractivity contribution in [1.82, 2.24) is 5.01 Å². The number of hydrogen-bond donors (Lipinski definition) is 0. The van der Waals surface area contributed by atoms with Gasteiger partial charge in [0.25, 0.3) is 0 Å². The van der Waals surface area contributed by atoms with Crippen LogP contribution in [0.3, 0.4) is 0 Å². The Balaban J connectivity index is 3.06. The Labute approximate surface area is 96.5 Å². The molecule has 4 heteroatoms. The van der Waals surface area contributed by atoms with E-state index < -0.39 is 6.29 Å². The first-order chi connectivity index (χ1) is 7.69. The fourth-order valence-electron chi connectivity index (χ4n) is 1.38. The summed E-state index contributed by atoms with van der Waals surface area (Å²) in [6, 6.07) is 9.85. The molecule has 1 aromatic rings. The van der Waals surface area contributed by atoms with Crippen LogP contribution in [-0.4, -0.2) is 45.3 Å². The van der Waals surface area contributed by atoms with E-state index in [1.807, 2.05) is 44.4 Å². The van der Waals surface area contributed by atoms with Crippen LogP contribution in [0.1, 0.15) is 5.56 Å². The van der Waals surface area contributed by atoms with Gasteiger partial charge < -0.3 is 14.5 Å². The molecule has 1 rings (SSSR count). The van der Waals surface area contributed by atoms with Gasteiger partial charge in [-0.15, -0.1) is 0 Å². The van der Waals surface area contributed by atoms with Crippen LogP contribution in [0.5, 0.6) is 0 Å². The molecule has 0 aliphatic rings. The van der Waals surface area contributed by atoms with Crippen LogP contribution in [0.4, 0.5) is 0 Å². The summed E-state index contributed by atoms with van der Waals surface area (Å²) in [4.78, 5) is 0. The van der Waals surface area contributed by atoms with Crippen LogP contribution < -0.4 is 0 Å². The number of ether oxygens (including phenoxy) is 2. The van der Waals surface area contributed by atoms with Crippen LogP contribution in [0, 0.1) is 0 Å². The van der Waals surface area contributed by atoms with Gasteiger partial charge in [0.05, 0.1) is 0 Å². The van der Waals surface area contributed by atoms with E-state index in [1.54, 1.807) is 19.2 Å². The first kappa shape index (κ1) is 12.7. The highest BCUT2D eigenvalue weighted by Gasteiger charge is 2.16. The third kappa shape index (κ3) is 3.32. The number of methoxy groups -OCH3 is 2. The fourth-order valence-corrected chi connectivity index (χ4v) is 1.38. The minimum absolute atomic E-state index is 0.454. The largest absolute Gasteiger partial charge is 0.350 e. The lowest BCUT2D eigenvalue weighted by Gasteiger charge is -2.18. The predicted octanol–water partition coefficient (Wildman–Crippen LogP) is 1.57. The van der Waals surface area contributed by atoms with Crippen molar-refractivity contribution in [2.45, 2.75) is 6.29 Å². The van der Waals surface area contributed by atoms with Gasteiger partial charge in [-0.2, -0.15) is 5.10 Å². The zero-order valence-electron chi connectivity index (χ0n) is 10.2. The second kappa shape index (κ2) is 6.25. The van der Waals surface area contributed by atoms with Crippen molar-refractivity contribution in [2.24, 2.45) is 5.10 Å². The molecule has 0 fully saturated rings. The summed E-state index contributed by atoms with van der Waals surface area (Å²) in [6.07, 6.45) is -0.454. The molecule has 0 saturated carbocycles. The normalized spacial score (nSPS) is 11.9. The van der Waals surface area contributed by atoms with Gasteiger partial charge in [0.2, 0.25) is 6.29 Å². The molecule has 0 spiro atoms. The minimum Gasteiger partial charge on any atom is -0.350 e. The van der Waals surface area contributed by atoms with E-state index in [0.29, 0.717) is 0 Å². The van der Waals surface area contributed by atoms with Crippen molar-refractivity contribution >= 4 is 5.71 Å². The van der Waals surface area contributed by atoms with Crippen LogP contribution in [0.2, 0.25) is 0 Å². The number of hydrazone groups is 1. The molecule has 0 unspecified atom stereocenters. The van der Waals surface area contributed by atoms with Crippen molar-refractivity contribution < 1.29 is 9.47 Å². The Morgan fingerprint density at radius 3 is 2.12 bits per heavy atom. The second-order valence-electron chi connectivity index (χ2n) is 3.50. The lowest BCUT2D eigenvalue weighted by Crippen LogP contribution is -2.28. The van der Waals surface area contributed by atoms with Crippen molar-refractivity contribution in [3.63, 3.8) is 0 Å². The van der Waals surface area contributed by atoms with E-state index in [4.69, 9.17) is 9.47 Å². The van der Waals surface area contributed by atoms with Gasteiger partial charge in [0.1, 0.15) is 5.71 Å². The van der Waals surface area contributed by atoms with E-state index in [-0.39, 0.29) is 0 Å². The van der Waals surface area contributed by atoms with Crippen molar-refractivity contribution in [2.75, 3.05) is 28.3 Å². The number of nitrogens with zero attached hydrogens (tertiary/aromatic N) is 2. The molecule has 0 heterocycles. The van der Waals surface area contributed by atoms with Crippen LogP contribution in [0.15, 0.2) is 35.4 Å². The van der Waals surface area contributed by atoms with Gasteiger partial charge in [-0.25, -0.2) is 0 Å². The van der Waals surface area contributed by atoms with Gasteiger partial charge in [0.15, 0.2) is 0 Å². The average Bonchev–Trinajstić information content (AvgIpc) is 2.30. The Morgan fingerprint density at radius 2 is 1.69 bits per heavy atom. The van der Waals surface area contributed by atoms with Crippen LogP contribution in [-0.2, 0) is 9.47 Å². The molecule has 4 nitrogen and oxygen atoms in total. The lowest BCUT2D eigenvalue weighted by atomic mass is 10.1. The summed E-state index contributed by atoms with van der Waals surface area (Å²) in [7, 11) is 6.93. The van der Waals surface area contributed by atoms with Gasteiger partial charge in [-0.3, -0.25) is 0 Å². The quantitative estimate of drug-likeness (QED) is 0.431. The highest BCUT2D eigenvalue weighted by atomic mass is 16.7. The number of benzene rings is 1. The molecule has 0 aromatic heterocycles. The molecular weight excluding hydrogens is 204 g/mol. The predicted molar refractivity (Wildman–Crippen MR) is 64.5 cm³/mol. The Hall–Kier alpha value is -1.39. The van der Waals surface area contributed by atoms with E-state index in [1.165, 1.54) is 0 Å². The second-order valence-corrected chi connectivity index (χ2v) is 3.50. The molecule has 0 bridgehead atoms. The molecule has 16 heavy (non-hydrogen) atoms. The number of hydrogen-bond acceptors (Lipinski definition) is 4. The zero-order valence-corrected chi connectivity index (χ0v) is 10.2. The summed E-state index contributed by atoms with van der Waals surface area (Å²) < 4.78 is 10.5. The summed E-state index contributed by atoms with van der Waals surface area (Å²) in [6.45, 7) is 0. The summed E-state index contributed by atoms with van der Waals surface area (Å²) >= 11 is 0. The van der Waals surface area contributed by atoms with E-state index in [2.05, 4.69) is 5.10 Å². The SMILES string of the molecule is COC(OC)/C(=N\N(C)C)c1ccccc1. The van der Waals surface area contributed by atoms with Crippen LogP contribution in [0.25, 0.3) is 0 Å². The van der Waals surface area contributed by atoms with E-state index >= 15 is 0 Å². The van der Waals surface area contributed by atoms with Gasteiger partial charge in [0, 0.05) is 33.9 Å². The molecule has 1 aromatic carbocycles. The molecule has 0 radical (unpaired) electrons. The Morgan fingerprint density at radius 1 is 1.12 bits per heavy atom. The maximum Gasteiger partial charge on any atom is 0.202 e. The first-order valence-corrected chi connectivity index (χ1v) is 5.06. The molecule has 0 N–H and O–H groups in total. The highest BCUT2D eigenvalue weighted by molar-refractivity contribution is 6.02. The zero-order chi connectivity index (χ0) is 12.0. The average molecular weight is 222 g/mol. The van der Waals surface area contributed by atoms with Gasteiger partial charge >= 0.3 is 0 Å². The standard InChI is InChI=1S/C12H18N2O2/c1-14(2)13-11(12(15-3)16-4)10-8-6-5-7-9-10/h5-9,12H,1-4H3/b13-11-. The molecule has 0 aliphatic carbocycles. The third-order valence-corrected chi connectivity index (χ3v) is 2.03. The minimum atomic E-state index is -0.454. The van der Waals surface area contributed by atoms with Gasteiger partial charge in [-0.1, -0.05) is 30.3 Å². The fraction of sp³-hybridized carbons (Fsp3) is 0.417. The summed E-state index contributed by atoms with van der Waals surface area (Å²) in [5, 5.41) is 6.12. The topological polar surface area (TPSA) is 34.1 Å². The van der Waals surface area contributed by atoms with Crippen molar-refractivity contribution in [3.8, 4) is 0 Å². The molecule has 0 aliphatic heterocycles. The summed E-state index contributed by atoms with van der Waals surface area (Å²) in [5.41, 5.74) is 1.75. The Kier molecular flexibility index (Phi) is 4.95. The molecule has 0 amide bonds. The maximum atomic E-state index is 5.24. The van der Waals surface area contributed by atoms with E-state index in [9.17, 15) is 0 Å². The highest BCUT2D eigenvalue weighted by Crippen LogP contribution is 2.08. The van der Waals surface area contributed by atoms with Crippen molar-refractivity contribution in [1.29, 1.82) is 0 Å². The summed E-state index contributed by atoms with van der Waals surface area (Å²) in [5.74, 6) is 0. The van der Waals surface area contributed by atoms with Crippen molar-refractivity contribution in [3.05, 3.63) is 35.9 Å². The molecular formula is C12H18N2O2. The van der Waals surface area contributed by atoms with Crippen LogP contribution >= 0.6 is 0 Å². The molecule has 88 valence electrons. The first-order valence-electron chi connectivity index (χ1n) is 5.06. The third-order valence-electron chi connectivity index (χ3n) is 2.03. The molecule has 0 atom stereocenters. The molecule has 0 saturated heterocycles. The van der Waals surface area contributed by atoms with E-state index in [0.717, 1.165) is 11.3 Å².